The molecule has 2 bridgehead atoms. The molecule has 0 aromatic heterocycles. The summed E-state index contributed by atoms with van der Waals surface area (Å²) < 4.78 is 0. The fourth-order valence-corrected chi connectivity index (χ4v) is 5.74. The lowest BCUT2D eigenvalue weighted by Gasteiger charge is -2.51. The van der Waals surface area contributed by atoms with Crippen molar-refractivity contribution in [1.82, 2.24) is 0 Å². The molecule has 5 atom stereocenters. The lowest BCUT2D eigenvalue weighted by atomic mass is 9.54. The molecule has 0 radical (unpaired) electrons. The molecule has 0 amide bonds. The lowest BCUT2D eigenvalue weighted by Crippen LogP contribution is -2.49. The van der Waals surface area contributed by atoms with Crippen molar-refractivity contribution in [1.29, 1.82) is 0 Å². The van der Waals surface area contributed by atoms with Gasteiger partial charge in [0.15, 0.2) is 0 Å². The van der Waals surface area contributed by atoms with E-state index in [1.807, 2.05) is 0 Å². The van der Waals surface area contributed by atoms with Gasteiger partial charge in [-0.3, -0.25) is 0 Å². The van der Waals surface area contributed by atoms with Crippen LogP contribution in [0.1, 0.15) is 39.0 Å². The van der Waals surface area contributed by atoms with Crippen LogP contribution in [0.25, 0.3) is 0 Å². The number of hydrogen-bond donors (Lipinski definition) is 0. The van der Waals surface area contributed by atoms with Gasteiger partial charge in [-0.15, -0.1) is 0 Å². The number of hydrogen-bond acceptors (Lipinski definition) is 4. The standard InChI is InChI=1S/C16H22N2O2/c1-11-4-5-16(7-17-9-19,8-18-10-20)15-13-3-2-12(6-13)14(11)15/h11-15H,2-8H2,1H3. The summed E-state index contributed by atoms with van der Waals surface area (Å²) in [5.74, 6) is 3.67. The highest BCUT2D eigenvalue weighted by Crippen LogP contribution is 2.64. The van der Waals surface area contributed by atoms with Crippen molar-refractivity contribution in [2.45, 2.75) is 39.0 Å². The van der Waals surface area contributed by atoms with E-state index >= 15 is 0 Å². The van der Waals surface area contributed by atoms with Gasteiger partial charge in [-0.25, -0.2) is 19.6 Å². The van der Waals surface area contributed by atoms with E-state index in [-0.39, 0.29) is 5.41 Å². The average molecular weight is 274 g/mol. The fraction of sp³-hybridized carbons (Fsp3) is 0.875. The highest BCUT2D eigenvalue weighted by Gasteiger charge is 2.59. The Balaban J connectivity index is 1.95. The van der Waals surface area contributed by atoms with E-state index in [0.29, 0.717) is 19.0 Å². The minimum atomic E-state index is -0.0914. The van der Waals surface area contributed by atoms with Crippen LogP contribution in [0.4, 0.5) is 0 Å². The Bertz CT molecular complexity index is 457. The maximum atomic E-state index is 10.6. The quantitative estimate of drug-likeness (QED) is 0.584. The topological polar surface area (TPSA) is 58.9 Å². The fourth-order valence-electron chi connectivity index (χ4n) is 5.74. The predicted octanol–water partition coefficient (Wildman–Crippen LogP) is 2.74. The molecule has 3 fully saturated rings. The molecule has 0 heterocycles. The van der Waals surface area contributed by atoms with Crippen LogP contribution in [0, 0.1) is 35.0 Å². The number of nitrogens with zero attached hydrogens (tertiary/aromatic N) is 2. The largest absolute Gasteiger partial charge is 0.234 e. The van der Waals surface area contributed by atoms with Gasteiger partial charge < -0.3 is 0 Å². The van der Waals surface area contributed by atoms with Crippen LogP contribution in [0.15, 0.2) is 9.98 Å². The van der Waals surface area contributed by atoms with Crippen molar-refractivity contribution in [3.63, 3.8) is 0 Å². The molecule has 4 heteroatoms. The van der Waals surface area contributed by atoms with E-state index in [4.69, 9.17) is 0 Å². The monoisotopic (exact) mass is 274 g/mol. The third-order valence-electron chi connectivity index (χ3n) is 6.36. The first-order valence-corrected chi connectivity index (χ1v) is 7.79. The number of aliphatic imine (C=N–C) groups is 2. The smallest absolute Gasteiger partial charge is 0.211 e. The third-order valence-corrected chi connectivity index (χ3v) is 6.36. The summed E-state index contributed by atoms with van der Waals surface area (Å²) in [4.78, 5) is 28.9. The summed E-state index contributed by atoms with van der Waals surface area (Å²) >= 11 is 0. The first-order valence-electron chi connectivity index (χ1n) is 7.79. The van der Waals surface area contributed by atoms with Gasteiger partial charge in [0.1, 0.15) is 0 Å². The number of carbonyl (C=O) groups excluding carboxylic acids is 2. The normalized spacial score (nSPS) is 45.4. The molecule has 4 nitrogen and oxygen atoms in total. The molecule has 3 rings (SSSR count). The molecule has 3 aliphatic rings. The van der Waals surface area contributed by atoms with Gasteiger partial charge in [-0.2, -0.15) is 0 Å². The van der Waals surface area contributed by atoms with Crippen LogP contribution < -0.4 is 0 Å². The van der Waals surface area contributed by atoms with Crippen LogP contribution in [0.2, 0.25) is 0 Å². The molecule has 3 aliphatic carbocycles. The highest BCUT2D eigenvalue weighted by atomic mass is 16.1. The zero-order chi connectivity index (χ0) is 14.2. The maximum Gasteiger partial charge on any atom is 0.234 e. The van der Waals surface area contributed by atoms with Gasteiger partial charge in [0.25, 0.3) is 0 Å². The van der Waals surface area contributed by atoms with Crippen molar-refractivity contribution >= 4 is 12.2 Å². The van der Waals surface area contributed by atoms with Gasteiger partial charge in [0, 0.05) is 5.41 Å². The Morgan fingerprint density at radius 3 is 2.35 bits per heavy atom. The van der Waals surface area contributed by atoms with E-state index in [1.54, 1.807) is 12.2 Å². The second-order valence-electron chi connectivity index (χ2n) is 7.13. The second kappa shape index (κ2) is 5.27. The Labute approximate surface area is 119 Å². The van der Waals surface area contributed by atoms with Gasteiger partial charge in [0.05, 0.1) is 13.1 Å². The van der Waals surface area contributed by atoms with Crippen molar-refractivity contribution in [3.05, 3.63) is 0 Å². The zero-order valence-corrected chi connectivity index (χ0v) is 12.0. The zero-order valence-electron chi connectivity index (χ0n) is 12.0. The first kappa shape index (κ1) is 13.7. The Hall–Kier alpha value is -1.24. The SMILES string of the molecule is CC1CCC(CN=C=O)(CN=C=O)C2C3CCC(C3)C12. The van der Waals surface area contributed by atoms with Crippen molar-refractivity contribution in [2.24, 2.45) is 45.0 Å². The van der Waals surface area contributed by atoms with E-state index in [0.717, 1.165) is 36.5 Å². The van der Waals surface area contributed by atoms with Gasteiger partial charge >= 0.3 is 0 Å². The number of isocyanates is 2. The minimum absolute atomic E-state index is 0.0914. The number of fused-ring (bicyclic) bond motifs is 5. The third kappa shape index (κ3) is 1.99. The molecule has 0 N–H and O–H groups in total. The van der Waals surface area contributed by atoms with Gasteiger partial charge in [0.2, 0.25) is 12.2 Å². The summed E-state index contributed by atoms with van der Waals surface area (Å²) in [5.41, 5.74) is -0.0914. The molecule has 0 spiro atoms. The molecule has 0 saturated heterocycles. The van der Waals surface area contributed by atoms with Crippen molar-refractivity contribution < 1.29 is 9.59 Å². The second-order valence-corrected chi connectivity index (χ2v) is 7.13. The summed E-state index contributed by atoms with van der Waals surface area (Å²) in [7, 11) is 0. The van der Waals surface area contributed by atoms with Crippen LogP contribution in [0.3, 0.4) is 0 Å². The lowest BCUT2D eigenvalue weighted by molar-refractivity contribution is -0.0153. The molecule has 3 saturated carbocycles. The van der Waals surface area contributed by atoms with Crippen LogP contribution >= 0.6 is 0 Å². The van der Waals surface area contributed by atoms with E-state index in [2.05, 4.69) is 16.9 Å². The van der Waals surface area contributed by atoms with E-state index < -0.39 is 0 Å². The molecule has 5 unspecified atom stereocenters. The van der Waals surface area contributed by atoms with Crippen LogP contribution in [-0.4, -0.2) is 25.2 Å². The Kier molecular flexibility index (Phi) is 3.62. The molecule has 20 heavy (non-hydrogen) atoms. The maximum absolute atomic E-state index is 10.6. The summed E-state index contributed by atoms with van der Waals surface area (Å²) in [6.45, 7) is 3.34. The summed E-state index contributed by atoms with van der Waals surface area (Å²) in [6, 6.07) is 0. The van der Waals surface area contributed by atoms with E-state index in [9.17, 15) is 9.59 Å². The Morgan fingerprint density at radius 1 is 1.05 bits per heavy atom. The molecular formula is C16H22N2O2. The van der Waals surface area contributed by atoms with Crippen LogP contribution in [-0.2, 0) is 9.59 Å². The molecular weight excluding hydrogens is 252 g/mol. The van der Waals surface area contributed by atoms with Crippen molar-refractivity contribution in [3.8, 4) is 0 Å². The van der Waals surface area contributed by atoms with Gasteiger partial charge in [-0.1, -0.05) is 6.92 Å². The highest BCUT2D eigenvalue weighted by molar-refractivity contribution is 5.34. The van der Waals surface area contributed by atoms with E-state index in [1.165, 1.54) is 19.3 Å². The van der Waals surface area contributed by atoms with Crippen LogP contribution in [0.5, 0.6) is 0 Å². The number of rotatable bonds is 4. The molecule has 0 aromatic rings. The molecule has 0 aromatic carbocycles. The Morgan fingerprint density at radius 2 is 1.70 bits per heavy atom. The van der Waals surface area contributed by atoms with Crippen molar-refractivity contribution in [2.75, 3.05) is 13.1 Å². The predicted molar refractivity (Wildman–Crippen MR) is 74.6 cm³/mol. The summed E-state index contributed by atoms with van der Waals surface area (Å²) in [5, 5.41) is 0. The molecule has 0 aliphatic heterocycles. The summed E-state index contributed by atoms with van der Waals surface area (Å²) in [6.07, 6.45) is 9.55. The molecule has 108 valence electrons. The average Bonchev–Trinajstić information content (AvgIpc) is 3.08. The van der Waals surface area contributed by atoms with Gasteiger partial charge in [-0.05, 0) is 61.7 Å². The minimum Gasteiger partial charge on any atom is -0.211 e. The first-order chi connectivity index (χ1) is 9.72.